The molecule has 0 saturated carbocycles. The molecule has 10 heteroatoms. The first kappa shape index (κ1) is 19.3. The highest BCUT2D eigenvalue weighted by Gasteiger charge is 2.18. The number of nitrogens with zero attached hydrogens (tertiary/aromatic N) is 5. The molecule has 27 heavy (non-hydrogen) atoms. The number of aryl methyl sites for hydroxylation is 2. The molecule has 0 bridgehead atoms. The SMILES string of the molecule is Cc1cc(Cn2c(=O)c3c(ncn3COCC[Si](C)(C)C)n(C)c2=O)no1. The van der Waals surface area contributed by atoms with Crippen LogP contribution in [-0.4, -0.2) is 38.5 Å². The standard InChI is InChI=1S/C17H25N5O4Si/c1-12-8-13(19-26-12)9-22-16(23)14-15(20(2)17(22)24)18-10-21(14)11-25-6-7-27(3,4)5/h8,10H,6-7,9,11H2,1-5H3. The monoisotopic (exact) mass is 391 g/mol. The van der Waals surface area contributed by atoms with Gasteiger partial charge in [0.05, 0.1) is 12.9 Å². The number of rotatable bonds is 7. The van der Waals surface area contributed by atoms with E-state index in [0.29, 0.717) is 29.2 Å². The molecule has 3 rings (SSSR count). The third-order valence-corrected chi connectivity index (χ3v) is 6.03. The van der Waals surface area contributed by atoms with Gasteiger partial charge in [0.2, 0.25) is 0 Å². The topological polar surface area (TPSA) is 97.1 Å². The predicted octanol–water partition coefficient (Wildman–Crippen LogP) is 1.55. The molecule has 9 nitrogen and oxygen atoms in total. The second-order valence-electron chi connectivity index (χ2n) is 7.90. The highest BCUT2D eigenvalue weighted by Crippen LogP contribution is 2.10. The van der Waals surface area contributed by atoms with E-state index in [4.69, 9.17) is 9.26 Å². The fourth-order valence-electron chi connectivity index (χ4n) is 2.76. The number of hydrogen-bond acceptors (Lipinski definition) is 6. The molecule has 0 aliphatic rings. The Morgan fingerprint density at radius 2 is 2.00 bits per heavy atom. The number of fused-ring (bicyclic) bond motifs is 1. The van der Waals surface area contributed by atoms with Crippen molar-refractivity contribution in [2.45, 2.75) is 45.9 Å². The summed E-state index contributed by atoms with van der Waals surface area (Å²) in [5.41, 5.74) is 0.332. The largest absolute Gasteiger partial charge is 0.361 e. The summed E-state index contributed by atoms with van der Waals surface area (Å²) < 4.78 is 14.9. The van der Waals surface area contributed by atoms with Crippen molar-refractivity contribution in [3.63, 3.8) is 0 Å². The van der Waals surface area contributed by atoms with E-state index in [1.54, 1.807) is 24.6 Å². The fraction of sp³-hybridized carbons (Fsp3) is 0.529. The van der Waals surface area contributed by atoms with Gasteiger partial charge in [-0.15, -0.1) is 0 Å². The Morgan fingerprint density at radius 3 is 2.63 bits per heavy atom. The van der Waals surface area contributed by atoms with Crippen molar-refractivity contribution in [1.82, 2.24) is 23.8 Å². The molecule has 0 spiro atoms. The first-order valence-electron chi connectivity index (χ1n) is 8.82. The van der Waals surface area contributed by atoms with Gasteiger partial charge in [-0.25, -0.2) is 9.78 Å². The van der Waals surface area contributed by atoms with Crippen molar-refractivity contribution >= 4 is 19.2 Å². The van der Waals surface area contributed by atoms with Gasteiger partial charge < -0.3 is 13.8 Å². The minimum absolute atomic E-state index is 0.0421. The van der Waals surface area contributed by atoms with Crippen molar-refractivity contribution < 1.29 is 9.26 Å². The highest BCUT2D eigenvalue weighted by atomic mass is 28.3. The summed E-state index contributed by atoms with van der Waals surface area (Å²) in [4.78, 5) is 29.8. The molecule has 0 N–H and O–H groups in total. The van der Waals surface area contributed by atoms with Crippen LogP contribution in [0.2, 0.25) is 25.7 Å². The number of aromatic nitrogens is 5. The van der Waals surface area contributed by atoms with E-state index in [9.17, 15) is 9.59 Å². The van der Waals surface area contributed by atoms with Crippen molar-refractivity contribution in [3.8, 4) is 0 Å². The smallest absolute Gasteiger partial charge is 0.332 e. The second-order valence-corrected chi connectivity index (χ2v) is 13.5. The summed E-state index contributed by atoms with van der Waals surface area (Å²) in [5.74, 6) is 0.622. The molecule has 3 aromatic heterocycles. The zero-order valence-corrected chi connectivity index (χ0v) is 17.4. The lowest BCUT2D eigenvalue weighted by Crippen LogP contribution is -2.40. The molecule has 0 aromatic carbocycles. The van der Waals surface area contributed by atoms with Gasteiger partial charge in [-0.05, 0) is 13.0 Å². The molecule has 0 amide bonds. The van der Waals surface area contributed by atoms with Crippen LogP contribution in [0, 0.1) is 6.92 Å². The van der Waals surface area contributed by atoms with Gasteiger partial charge in [0.1, 0.15) is 18.2 Å². The lowest BCUT2D eigenvalue weighted by Gasteiger charge is -2.15. The van der Waals surface area contributed by atoms with Crippen molar-refractivity contribution in [2.24, 2.45) is 7.05 Å². The van der Waals surface area contributed by atoms with Crippen molar-refractivity contribution in [1.29, 1.82) is 0 Å². The molecule has 0 saturated heterocycles. The fourth-order valence-corrected chi connectivity index (χ4v) is 3.51. The van der Waals surface area contributed by atoms with Gasteiger partial charge in [-0.1, -0.05) is 24.8 Å². The van der Waals surface area contributed by atoms with Gasteiger partial charge >= 0.3 is 5.69 Å². The van der Waals surface area contributed by atoms with Crippen LogP contribution < -0.4 is 11.2 Å². The molecule has 0 radical (unpaired) electrons. The normalized spacial score (nSPS) is 12.2. The Balaban J connectivity index is 1.93. The van der Waals surface area contributed by atoms with Crippen LogP contribution in [0.3, 0.4) is 0 Å². The van der Waals surface area contributed by atoms with Crippen LogP contribution in [-0.2, 0) is 25.1 Å². The third kappa shape index (κ3) is 4.11. The van der Waals surface area contributed by atoms with Gasteiger partial charge in [0.15, 0.2) is 11.2 Å². The average molecular weight is 392 g/mol. The zero-order valence-electron chi connectivity index (χ0n) is 16.4. The molecule has 0 fully saturated rings. The molecule has 0 atom stereocenters. The Labute approximate surface area is 157 Å². The van der Waals surface area contributed by atoms with E-state index in [2.05, 4.69) is 29.8 Å². The van der Waals surface area contributed by atoms with Crippen molar-refractivity contribution in [3.05, 3.63) is 44.7 Å². The Bertz CT molecular complexity index is 1070. The minimum atomic E-state index is -1.19. The quantitative estimate of drug-likeness (QED) is 0.448. The first-order valence-corrected chi connectivity index (χ1v) is 12.5. The van der Waals surface area contributed by atoms with E-state index < -0.39 is 19.3 Å². The predicted molar refractivity (Wildman–Crippen MR) is 104 cm³/mol. The lowest BCUT2D eigenvalue weighted by atomic mass is 10.3. The second kappa shape index (κ2) is 7.28. The van der Waals surface area contributed by atoms with E-state index in [1.807, 2.05) is 0 Å². The highest BCUT2D eigenvalue weighted by molar-refractivity contribution is 6.76. The van der Waals surface area contributed by atoms with E-state index in [-0.39, 0.29) is 13.3 Å². The summed E-state index contributed by atoms with van der Waals surface area (Å²) in [5, 5.41) is 3.87. The molecule has 3 aromatic rings. The summed E-state index contributed by atoms with van der Waals surface area (Å²) in [6.07, 6.45) is 1.53. The summed E-state index contributed by atoms with van der Waals surface area (Å²) >= 11 is 0. The number of hydrogen-bond donors (Lipinski definition) is 0. The van der Waals surface area contributed by atoms with Gasteiger partial charge in [-0.2, -0.15) is 0 Å². The van der Waals surface area contributed by atoms with Crippen LogP contribution in [0.25, 0.3) is 11.2 Å². The summed E-state index contributed by atoms with van der Waals surface area (Å²) in [6.45, 7) is 9.49. The van der Waals surface area contributed by atoms with E-state index in [0.717, 1.165) is 10.6 Å². The van der Waals surface area contributed by atoms with Crippen LogP contribution >= 0.6 is 0 Å². The van der Waals surface area contributed by atoms with Crippen LogP contribution in [0.1, 0.15) is 11.5 Å². The molecular weight excluding hydrogens is 366 g/mol. The third-order valence-electron chi connectivity index (χ3n) is 4.33. The van der Waals surface area contributed by atoms with E-state index >= 15 is 0 Å². The number of imidazole rings is 1. The Hall–Kier alpha value is -2.46. The number of ether oxygens (including phenoxy) is 1. The first-order chi connectivity index (χ1) is 12.7. The van der Waals surface area contributed by atoms with E-state index in [1.165, 1.54) is 10.9 Å². The van der Waals surface area contributed by atoms with Crippen LogP contribution in [0.15, 0.2) is 26.5 Å². The van der Waals surface area contributed by atoms with Crippen molar-refractivity contribution in [2.75, 3.05) is 6.61 Å². The van der Waals surface area contributed by atoms with Crippen LogP contribution in [0.4, 0.5) is 0 Å². The lowest BCUT2D eigenvalue weighted by molar-refractivity contribution is 0.0896. The molecule has 3 heterocycles. The molecule has 146 valence electrons. The molecule has 0 aliphatic carbocycles. The maximum Gasteiger partial charge on any atom is 0.332 e. The Kier molecular flexibility index (Phi) is 5.20. The summed E-state index contributed by atoms with van der Waals surface area (Å²) in [6, 6.07) is 2.74. The summed E-state index contributed by atoms with van der Waals surface area (Å²) in [7, 11) is 0.408. The molecule has 0 unspecified atom stereocenters. The van der Waals surface area contributed by atoms with Gasteiger partial charge in [0.25, 0.3) is 5.56 Å². The minimum Gasteiger partial charge on any atom is -0.361 e. The molecular formula is C17H25N5O4Si. The zero-order chi connectivity index (χ0) is 19.8. The van der Waals surface area contributed by atoms with Gasteiger partial charge in [0, 0.05) is 27.8 Å². The maximum absolute atomic E-state index is 13.0. The Morgan fingerprint density at radius 1 is 1.26 bits per heavy atom. The average Bonchev–Trinajstić information content (AvgIpc) is 3.19. The maximum atomic E-state index is 13.0. The van der Waals surface area contributed by atoms with Crippen LogP contribution in [0.5, 0.6) is 0 Å². The van der Waals surface area contributed by atoms with Gasteiger partial charge in [-0.3, -0.25) is 13.9 Å². The molecule has 0 aliphatic heterocycles.